The minimum atomic E-state index is -0.736. The molecule has 5 unspecified atom stereocenters. The van der Waals surface area contributed by atoms with E-state index >= 15 is 0 Å². The van der Waals surface area contributed by atoms with Crippen molar-refractivity contribution in [1.29, 1.82) is 0 Å². The number of aliphatic hydroxyl groups is 2. The molecule has 27 heavy (non-hydrogen) atoms. The van der Waals surface area contributed by atoms with Gasteiger partial charge in [0.05, 0.1) is 30.3 Å². The van der Waals surface area contributed by atoms with Crippen LogP contribution in [0.5, 0.6) is 0 Å². The van der Waals surface area contributed by atoms with Crippen molar-refractivity contribution in [2.75, 3.05) is 13.2 Å². The number of esters is 2. The Hall–Kier alpha value is -2.22. The molecular formula is C20H24O7. The second kappa shape index (κ2) is 7.42. The van der Waals surface area contributed by atoms with Crippen LogP contribution >= 0.6 is 0 Å². The summed E-state index contributed by atoms with van der Waals surface area (Å²) in [5, 5.41) is 18.9. The lowest BCUT2D eigenvalue weighted by Gasteiger charge is -2.28. The average Bonchev–Trinajstić information content (AvgIpc) is 3.18. The van der Waals surface area contributed by atoms with Crippen molar-refractivity contribution in [3.8, 4) is 0 Å². The maximum absolute atomic E-state index is 12.4. The van der Waals surface area contributed by atoms with Crippen molar-refractivity contribution < 1.29 is 34.0 Å². The fraction of sp³-hybridized carbons (Fsp3) is 0.500. The predicted octanol–water partition coefficient (Wildman–Crippen LogP) is 0.971. The Balaban J connectivity index is 1.97. The van der Waals surface area contributed by atoms with Crippen LogP contribution in [0.15, 0.2) is 47.6 Å². The third-order valence-corrected chi connectivity index (χ3v) is 5.29. The van der Waals surface area contributed by atoms with Crippen molar-refractivity contribution >= 4 is 11.9 Å². The molecule has 7 nitrogen and oxygen atoms in total. The molecule has 0 aromatic rings. The van der Waals surface area contributed by atoms with Gasteiger partial charge in [0.2, 0.25) is 0 Å². The summed E-state index contributed by atoms with van der Waals surface area (Å²) in [6.07, 6.45) is 5.42. The van der Waals surface area contributed by atoms with Gasteiger partial charge in [0.25, 0.3) is 0 Å². The second-order valence-electron chi connectivity index (χ2n) is 7.15. The topological polar surface area (TPSA) is 106 Å². The van der Waals surface area contributed by atoms with E-state index in [0.717, 1.165) is 0 Å². The van der Waals surface area contributed by atoms with Crippen LogP contribution in [-0.4, -0.2) is 59.3 Å². The van der Waals surface area contributed by atoms with Crippen molar-refractivity contribution in [3.63, 3.8) is 0 Å². The SMILES string of the molecule is C=C1C(=O)OC2C=C(CO)C=CC3OC3(C)CC(OC(=O)C(=CC)CO)C12. The van der Waals surface area contributed by atoms with E-state index in [2.05, 4.69) is 6.58 Å². The summed E-state index contributed by atoms with van der Waals surface area (Å²) in [4.78, 5) is 24.6. The molecular weight excluding hydrogens is 352 g/mol. The molecule has 0 aromatic carbocycles. The molecule has 5 atom stereocenters. The molecule has 7 heteroatoms. The molecule has 0 radical (unpaired) electrons. The number of allylic oxidation sites excluding steroid dienone is 1. The van der Waals surface area contributed by atoms with Crippen LogP contribution in [0.1, 0.15) is 20.3 Å². The Bertz CT molecular complexity index is 747. The van der Waals surface area contributed by atoms with Crippen molar-refractivity contribution in [2.45, 2.75) is 44.2 Å². The lowest BCUT2D eigenvalue weighted by molar-refractivity contribution is -0.148. The smallest absolute Gasteiger partial charge is 0.336 e. The number of aliphatic hydroxyl groups excluding tert-OH is 2. The van der Waals surface area contributed by atoms with Gasteiger partial charge in [-0.3, -0.25) is 0 Å². The van der Waals surface area contributed by atoms with Crippen LogP contribution in [0.3, 0.4) is 0 Å². The zero-order valence-corrected chi connectivity index (χ0v) is 15.4. The van der Waals surface area contributed by atoms with Crippen LogP contribution in [0.4, 0.5) is 0 Å². The summed E-state index contributed by atoms with van der Waals surface area (Å²) in [5.41, 5.74) is 0.347. The third-order valence-electron chi connectivity index (χ3n) is 5.29. The Labute approximate surface area is 157 Å². The highest BCUT2D eigenvalue weighted by atomic mass is 16.6. The Morgan fingerprint density at radius 1 is 1.48 bits per heavy atom. The van der Waals surface area contributed by atoms with Gasteiger partial charge in [-0.1, -0.05) is 24.8 Å². The Morgan fingerprint density at radius 2 is 2.22 bits per heavy atom. The lowest BCUT2D eigenvalue weighted by atomic mass is 9.83. The van der Waals surface area contributed by atoms with Crippen LogP contribution in [0.2, 0.25) is 0 Å². The standard InChI is InChI=1S/C20H24O7/c1-4-13(10-22)19(24)26-15-8-20(3)16(27-20)6-5-12(9-21)7-14-17(15)11(2)18(23)25-14/h4-7,14-17,21-22H,2,8-10H2,1,3H3. The Morgan fingerprint density at radius 3 is 2.85 bits per heavy atom. The van der Waals surface area contributed by atoms with E-state index in [4.69, 9.17) is 14.2 Å². The van der Waals surface area contributed by atoms with Gasteiger partial charge in [-0.05, 0) is 25.5 Å². The summed E-state index contributed by atoms with van der Waals surface area (Å²) in [6, 6.07) is 0. The summed E-state index contributed by atoms with van der Waals surface area (Å²) < 4.78 is 16.8. The first-order chi connectivity index (χ1) is 12.8. The van der Waals surface area contributed by atoms with Crippen LogP contribution in [-0.2, 0) is 23.8 Å². The first-order valence-corrected chi connectivity index (χ1v) is 8.87. The molecule has 2 heterocycles. The molecule has 0 spiro atoms. The van der Waals surface area contributed by atoms with Gasteiger partial charge in [0.15, 0.2) is 0 Å². The fourth-order valence-electron chi connectivity index (χ4n) is 3.55. The molecule has 0 amide bonds. The molecule has 3 rings (SSSR count). The first kappa shape index (κ1) is 19.5. The van der Waals surface area contributed by atoms with E-state index < -0.39 is 42.3 Å². The van der Waals surface area contributed by atoms with Crippen molar-refractivity contribution in [1.82, 2.24) is 0 Å². The molecule has 3 aliphatic rings. The number of fused-ring (bicyclic) bond motifs is 2. The highest BCUT2D eigenvalue weighted by Crippen LogP contribution is 2.46. The number of hydrogen-bond acceptors (Lipinski definition) is 7. The van der Waals surface area contributed by atoms with Gasteiger partial charge in [-0.2, -0.15) is 0 Å². The maximum atomic E-state index is 12.4. The minimum absolute atomic E-state index is 0.129. The molecule has 0 saturated carbocycles. The second-order valence-corrected chi connectivity index (χ2v) is 7.15. The van der Waals surface area contributed by atoms with Gasteiger partial charge in [-0.25, -0.2) is 9.59 Å². The van der Waals surface area contributed by atoms with E-state index in [-0.39, 0.29) is 23.9 Å². The number of carbonyl (C=O) groups is 2. The molecule has 0 aromatic heterocycles. The Kier molecular flexibility index (Phi) is 5.37. The molecule has 2 aliphatic heterocycles. The highest BCUT2D eigenvalue weighted by Gasteiger charge is 2.56. The van der Waals surface area contributed by atoms with Crippen LogP contribution in [0, 0.1) is 5.92 Å². The first-order valence-electron chi connectivity index (χ1n) is 8.87. The predicted molar refractivity (Wildman–Crippen MR) is 95.4 cm³/mol. The molecule has 2 saturated heterocycles. The van der Waals surface area contributed by atoms with Gasteiger partial charge < -0.3 is 24.4 Å². The van der Waals surface area contributed by atoms with Crippen molar-refractivity contribution in [2.24, 2.45) is 5.92 Å². The van der Waals surface area contributed by atoms with E-state index in [1.54, 1.807) is 19.1 Å². The van der Waals surface area contributed by atoms with Crippen LogP contribution in [0.25, 0.3) is 0 Å². The van der Waals surface area contributed by atoms with Gasteiger partial charge in [0.1, 0.15) is 18.3 Å². The van der Waals surface area contributed by atoms with Crippen molar-refractivity contribution in [3.05, 3.63) is 47.6 Å². The van der Waals surface area contributed by atoms with Crippen LogP contribution < -0.4 is 0 Å². The summed E-state index contributed by atoms with van der Waals surface area (Å²) in [6.45, 7) is 6.67. The largest absolute Gasteiger partial charge is 0.458 e. The fourth-order valence-corrected chi connectivity index (χ4v) is 3.55. The number of epoxide rings is 1. The lowest BCUT2D eigenvalue weighted by Crippen LogP contribution is -2.37. The highest BCUT2D eigenvalue weighted by molar-refractivity contribution is 5.92. The molecule has 146 valence electrons. The molecule has 2 N–H and O–H groups in total. The van der Waals surface area contributed by atoms with E-state index in [0.29, 0.717) is 12.0 Å². The molecule has 0 bridgehead atoms. The number of ether oxygens (including phenoxy) is 3. The summed E-state index contributed by atoms with van der Waals surface area (Å²) >= 11 is 0. The van der Waals surface area contributed by atoms with Gasteiger partial charge in [-0.15, -0.1) is 0 Å². The minimum Gasteiger partial charge on any atom is -0.458 e. The zero-order valence-electron chi connectivity index (χ0n) is 15.4. The summed E-state index contributed by atoms with van der Waals surface area (Å²) in [7, 11) is 0. The van der Waals surface area contributed by atoms with Gasteiger partial charge >= 0.3 is 11.9 Å². The quantitative estimate of drug-likeness (QED) is 0.428. The maximum Gasteiger partial charge on any atom is 0.336 e. The van der Waals surface area contributed by atoms with E-state index in [9.17, 15) is 19.8 Å². The normalized spacial score (nSPS) is 35.7. The third kappa shape index (κ3) is 3.76. The number of rotatable bonds is 4. The molecule has 2 fully saturated rings. The zero-order chi connectivity index (χ0) is 19.8. The molecule has 1 aliphatic carbocycles. The van der Waals surface area contributed by atoms with E-state index in [1.807, 2.05) is 13.0 Å². The monoisotopic (exact) mass is 376 g/mol. The van der Waals surface area contributed by atoms with Gasteiger partial charge in [0, 0.05) is 12.0 Å². The summed E-state index contributed by atoms with van der Waals surface area (Å²) in [5.74, 6) is -1.82. The van der Waals surface area contributed by atoms with E-state index in [1.165, 1.54) is 6.08 Å². The average molecular weight is 376 g/mol. The number of carbonyl (C=O) groups excluding carboxylic acids is 2. The number of hydrogen-bond donors (Lipinski definition) is 2.